The van der Waals surface area contributed by atoms with Gasteiger partial charge in [0.05, 0.1) is 18.9 Å². The Morgan fingerprint density at radius 1 is 0.703 bits per heavy atom. The van der Waals surface area contributed by atoms with Crippen molar-refractivity contribution >= 4 is 47.5 Å². The molecule has 4 amide bonds. The molecule has 208 valence electrons. The van der Waals surface area contributed by atoms with Crippen molar-refractivity contribution < 1.29 is 48.9 Å². The highest BCUT2D eigenvalue weighted by atomic mass is 16.4. The molecule has 0 bridgehead atoms. The Bertz CT molecular complexity index is 905. The number of carboxylic acids is 3. The number of rotatable bonds is 18. The maximum absolute atomic E-state index is 12.9. The molecule has 37 heavy (non-hydrogen) atoms. The fraction of sp³-hybridized carbons (Fsp3) is 0.579. The van der Waals surface area contributed by atoms with Crippen LogP contribution in [0.25, 0.3) is 0 Å². The number of guanidine groups is 1. The molecule has 0 aliphatic carbocycles. The predicted molar refractivity (Wildman–Crippen MR) is 124 cm³/mol. The first-order valence-electron chi connectivity index (χ1n) is 10.8. The normalized spacial score (nSPS) is 13.6. The second-order valence-corrected chi connectivity index (χ2v) is 7.78. The van der Waals surface area contributed by atoms with Crippen molar-refractivity contribution in [3.05, 3.63) is 0 Å². The number of carbonyl (C=O) groups excluding carboxylic acids is 4. The number of aliphatic imine (C=N–C) groups is 1. The van der Waals surface area contributed by atoms with Crippen LogP contribution in [0.1, 0.15) is 38.5 Å². The van der Waals surface area contributed by atoms with Crippen molar-refractivity contribution in [3.63, 3.8) is 0 Å². The molecule has 0 aliphatic rings. The molecule has 0 aromatic rings. The smallest absolute Gasteiger partial charge is 0.326 e. The Labute approximate surface area is 210 Å². The highest BCUT2D eigenvalue weighted by Gasteiger charge is 2.32. The summed E-state index contributed by atoms with van der Waals surface area (Å²) in [7, 11) is 0. The van der Waals surface area contributed by atoms with Gasteiger partial charge in [-0.05, 0) is 19.3 Å². The van der Waals surface area contributed by atoms with Gasteiger partial charge in [-0.15, -0.1) is 0 Å². The lowest BCUT2D eigenvalue weighted by atomic mass is 10.1. The van der Waals surface area contributed by atoms with Gasteiger partial charge in [0.25, 0.3) is 0 Å². The monoisotopic (exact) mass is 532 g/mol. The van der Waals surface area contributed by atoms with Crippen LogP contribution in [0.15, 0.2) is 4.99 Å². The summed E-state index contributed by atoms with van der Waals surface area (Å²) < 4.78 is 0. The van der Waals surface area contributed by atoms with E-state index in [2.05, 4.69) is 15.6 Å². The fourth-order valence-electron chi connectivity index (χ4n) is 2.78. The first-order chi connectivity index (χ1) is 17.1. The van der Waals surface area contributed by atoms with Gasteiger partial charge in [-0.1, -0.05) is 0 Å². The zero-order valence-corrected chi connectivity index (χ0v) is 19.7. The lowest BCUT2D eigenvalue weighted by molar-refractivity contribution is -0.148. The molecular weight excluding hydrogens is 500 g/mol. The molecule has 0 aromatic carbocycles. The van der Waals surface area contributed by atoms with Crippen LogP contribution in [0.5, 0.6) is 0 Å². The summed E-state index contributed by atoms with van der Waals surface area (Å²) in [5.74, 6) is -8.92. The van der Waals surface area contributed by atoms with Crippen molar-refractivity contribution in [2.24, 2.45) is 27.9 Å². The SMILES string of the molecule is NC(=O)CCC(N)C(=O)NC(CCCN=C(N)N)C(=O)NC(CC(=O)O)C(=O)NC(CC(=O)O)C(=O)O. The molecule has 0 radical (unpaired) electrons. The topological polar surface area (TPSA) is 333 Å². The lowest BCUT2D eigenvalue weighted by Crippen LogP contribution is -2.57. The van der Waals surface area contributed by atoms with Gasteiger partial charge < -0.3 is 54.2 Å². The van der Waals surface area contributed by atoms with E-state index >= 15 is 0 Å². The molecule has 4 atom stereocenters. The van der Waals surface area contributed by atoms with E-state index in [4.69, 9.17) is 38.3 Å². The summed E-state index contributed by atoms with van der Waals surface area (Å²) in [5.41, 5.74) is 21.2. The first-order valence-corrected chi connectivity index (χ1v) is 10.8. The summed E-state index contributed by atoms with van der Waals surface area (Å²) in [6.45, 7) is 0.0459. The lowest BCUT2D eigenvalue weighted by Gasteiger charge is -2.24. The van der Waals surface area contributed by atoms with E-state index in [0.717, 1.165) is 0 Å². The number of aliphatic carboxylic acids is 3. The summed E-state index contributed by atoms with van der Waals surface area (Å²) in [6, 6.07) is -6.34. The van der Waals surface area contributed by atoms with E-state index in [1.54, 1.807) is 0 Å². The molecule has 14 N–H and O–H groups in total. The molecule has 0 fully saturated rings. The van der Waals surface area contributed by atoms with E-state index in [-0.39, 0.29) is 38.2 Å². The number of primary amides is 1. The van der Waals surface area contributed by atoms with Crippen LogP contribution in [0, 0.1) is 0 Å². The molecule has 0 spiro atoms. The van der Waals surface area contributed by atoms with Crippen LogP contribution < -0.4 is 38.9 Å². The quantitative estimate of drug-likeness (QED) is 0.0450. The number of carbonyl (C=O) groups is 7. The highest BCUT2D eigenvalue weighted by Crippen LogP contribution is 2.04. The van der Waals surface area contributed by atoms with Gasteiger partial charge >= 0.3 is 17.9 Å². The Morgan fingerprint density at radius 3 is 1.68 bits per heavy atom. The summed E-state index contributed by atoms with van der Waals surface area (Å²) >= 11 is 0. The van der Waals surface area contributed by atoms with E-state index in [0.29, 0.717) is 0 Å². The van der Waals surface area contributed by atoms with Crippen LogP contribution in [0.2, 0.25) is 0 Å². The number of amides is 4. The number of hydrogen-bond donors (Lipinski definition) is 10. The van der Waals surface area contributed by atoms with E-state index in [1.807, 2.05) is 5.32 Å². The molecule has 18 nitrogen and oxygen atoms in total. The Balaban J connectivity index is 5.65. The maximum atomic E-state index is 12.9. The molecule has 0 aromatic heterocycles. The molecule has 0 saturated heterocycles. The van der Waals surface area contributed by atoms with Crippen LogP contribution in [0.3, 0.4) is 0 Å². The van der Waals surface area contributed by atoms with Crippen molar-refractivity contribution in [1.82, 2.24) is 16.0 Å². The summed E-state index contributed by atoms with van der Waals surface area (Å²) in [6.07, 6.45) is -2.31. The zero-order valence-electron chi connectivity index (χ0n) is 19.7. The van der Waals surface area contributed by atoms with Crippen LogP contribution in [-0.4, -0.2) is 93.5 Å². The van der Waals surface area contributed by atoms with Crippen molar-refractivity contribution in [2.75, 3.05) is 6.54 Å². The molecule has 0 aliphatic heterocycles. The number of nitrogens with two attached hydrogens (primary N) is 4. The van der Waals surface area contributed by atoms with Gasteiger partial charge in [0, 0.05) is 13.0 Å². The Kier molecular flexibility index (Phi) is 14.3. The standard InChI is InChI=1S/C19H32N8O10/c20-8(3-4-12(21)28)15(33)25-9(2-1-5-24-19(22)23)16(34)26-10(6-13(29)30)17(35)27-11(18(36)37)7-14(31)32/h8-11H,1-7,20H2,(H2,21,28)(H,25,33)(H,26,34)(H,27,35)(H,29,30)(H,31,32)(H,36,37)(H4,22,23,24). The van der Waals surface area contributed by atoms with E-state index in [9.17, 15) is 33.6 Å². The van der Waals surface area contributed by atoms with Gasteiger partial charge in [-0.2, -0.15) is 0 Å². The molecule has 4 unspecified atom stereocenters. The van der Waals surface area contributed by atoms with E-state index in [1.165, 1.54) is 0 Å². The van der Waals surface area contributed by atoms with Crippen molar-refractivity contribution in [1.29, 1.82) is 0 Å². The highest BCUT2D eigenvalue weighted by molar-refractivity contribution is 5.96. The van der Waals surface area contributed by atoms with Crippen LogP contribution >= 0.6 is 0 Å². The van der Waals surface area contributed by atoms with Gasteiger partial charge in [0.2, 0.25) is 23.6 Å². The van der Waals surface area contributed by atoms with E-state index < -0.39 is 78.5 Å². The van der Waals surface area contributed by atoms with Crippen molar-refractivity contribution in [3.8, 4) is 0 Å². The minimum atomic E-state index is -1.91. The molecule has 0 rings (SSSR count). The third-order valence-electron chi connectivity index (χ3n) is 4.62. The second kappa shape index (κ2) is 16.2. The number of carboxylic acid groups (broad SMARTS) is 3. The van der Waals surface area contributed by atoms with Crippen LogP contribution in [0.4, 0.5) is 0 Å². The molecular formula is C19H32N8O10. The van der Waals surface area contributed by atoms with Gasteiger partial charge in [-0.25, -0.2) is 4.79 Å². The predicted octanol–water partition coefficient (Wildman–Crippen LogP) is -4.88. The third-order valence-corrected chi connectivity index (χ3v) is 4.62. The zero-order chi connectivity index (χ0) is 28.7. The minimum absolute atomic E-state index is 0.0459. The average molecular weight is 533 g/mol. The molecule has 0 heterocycles. The van der Waals surface area contributed by atoms with Gasteiger partial charge in [0.15, 0.2) is 5.96 Å². The number of nitrogens with one attached hydrogen (secondary N) is 3. The summed E-state index contributed by atoms with van der Waals surface area (Å²) in [5, 5.41) is 33.3. The molecule has 18 heteroatoms. The van der Waals surface area contributed by atoms with Gasteiger partial charge in [0.1, 0.15) is 18.1 Å². The van der Waals surface area contributed by atoms with Crippen molar-refractivity contribution in [2.45, 2.75) is 62.7 Å². The number of nitrogens with zero attached hydrogens (tertiary/aromatic N) is 1. The third kappa shape index (κ3) is 14.5. The average Bonchev–Trinajstić information content (AvgIpc) is 2.77. The maximum Gasteiger partial charge on any atom is 0.326 e. The molecule has 0 saturated carbocycles. The summed E-state index contributed by atoms with van der Waals surface area (Å²) in [4.78, 5) is 85.7. The van der Waals surface area contributed by atoms with Crippen LogP contribution in [-0.2, 0) is 33.6 Å². The Morgan fingerprint density at radius 2 is 1.19 bits per heavy atom. The minimum Gasteiger partial charge on any atom is -0.481 e. The number of hydrogen-bond acceptors (Lipinski definition) is 9. The largest absolute Gasteiger partial charge is 0.481 e. The first kappa shape index (κ1) is 32.5. The second-order valence-electron chi connectivity index (χ2n) is 7.78. The van der Waals surface area contributed by atoms with Gasteiger partial charge in [-0.3, -0.25) is 33.8 Å². The Hall–Kier alpha value is -4.48. The fourth-order valence-corrected chi connectivity index (χ4v) is 2.78.